The highest BCUT2D eigenvalue weighted by Crippen LogP contribution is 2.13. The van der Waals surface area contributed by atoms with Crippen LogP contribution in [0.15, 0.2) is 0 Å². The van der Waals surface area contributed by atoms with Gasteiger partial charge in [-0.3, -0.25) is 0 Å². The normalized spacial score (nSPS) is 16.4. The summed E-state index contributed by atoms with van der Waals surface area (Å²) in [5.74, 6) is 3.79. The second kappa shape index (κ2) is 8.35. The van der Waals surface area contributed by atoms with E-state index in [9.17, 15) is 0 Å². The van der Waals surface area contributed by atoms with Gasteiger partial charge in [-0.2, -0.15) is 62.3 Å². The van der Waals surface area contributed by atoms with Crippen molar-refractivity contribution in [3.63, 3.8) is 0 Å². The lowest BCUT2D eigenvalue weighted by Crippen LogP contribution is -2.09. The van der Waals surface area contributed by atoms with Crippen molar-refractivity contribution in [3.05, 3.63) is 0 Å². The van der Waals surface area contributed by atoms with Crippen LogP contribution in [0, 0.1) is 0 Å². The highest BCUT2D eigenvalue weighted by molar-refractivity contribution is 8.01. The van der Waals surface area contributed by atoms with Crippen molar-refractivity contribution in [2.75, 3.05) is 23.0 Å². The summed E-state index contributed by atoms with van der Waals surface area (Å²) in [6.45, 7) is 0. The van der Waals surface area contributed by atoms with E-state index in [4.69, 9.17) is 0 Å². The molecule has 0 fully saturated rings. The van der Waals surface area contributed by atoms with Gasteiger partial charge in [-0.05, 0) is 0 Å². The zero-order valence-corrected chi connectivity index (χ0v) is 10.6. The predicted molar refractivity (Wildman–Crippen MR) is 70.6 cm³/mol. The number of hydrogen-bond acceptors (Lipinski definition) is 5. The van der Waals surface area contributed by atoms with E-state index < -0.39 is 0 Å². The quantitative estimate of drug-likeness (QED) is 0.521. The van der Waals surface area contributed by atoms with Crippen LogP contribution in [0.2, 0.25) is 0 Å². The van der Waals surface area contributed by atoms with Crippen LogP contribution in [0.25, 0.3) is 0 Å². The van der Waals surface area contributed by atoms with Gasteiger partial charge >= 0.3 is 0 Å². The molecule has 5 heteroatoms. The number of hydrogen-bond donors (Lipinski definition) is 4. The smallest absolute Gasteiger partial charge is 0.0196 e. The SMILES string of the molecule is SCC(S)CSC[C@H](S)CS. The van der Waals surface area contributed by atoms with Gasteiger partial charge in [0.25, 0.3) is 0 Å². The molecule has 1 unspecified atom stereocenters. The fourth-order valence-corrected chi connectivity index (χ4v) is 2.60. The van der Waals surface area contributed by atoms with Crippen LogP contribution >= 0.6 is 62.3 Å². The summed E-state index contributed by atoms with van der Waals surface area (Å²) in [5, 5.41) is 0.813. The van der Waals surface area contributed by atoms with Crippen molar-refractivity contribution >= 4 is 62.3 Å². The molecule has 0 aliphatic carbocycles. The Bertz CT molecular complexity index is 77.0. The summed E-state index contributed by atoms with van der Waals surface area (Å²) in [4.78, 5) is 0. The minimum Gasteiger partial charge on any atom is -0.178 e. The monoisotopic (exact) mass is 246 g/mol. The van der Waals surface area contributed by atoms with E-state index in [0.29, 0.717) is 10.5 Å². The first-order valence-corrected chi connectivity index (χ1v) is 6.81. The Hall–Kier alpha value is 1.75. The fourth-order valence-electron chi connectivity index (χ4n) is 0.446. The molecule has 0 nitrogen and oxygen atoms in total. The van der Waals surface area contributed by atoms with Crippen molar-refractivity contribution in [1.82, 2.24) is 0 Å². The summed E-state index contributed by atoms with van der Waals surface area (Å²) < 4.78 is 0. The maximum absolute atomic E-state index is 4.32. The van der Waals surface area contributed by atoms with E-state index in [1.807, 2.05) is 11.8 Å². The molecule has 0 saturated carbocycles. The van der Waals surface area contributed by atoms with Crippen molar-refractivity contribution in [2.24, 2.45) is 0 Å². The third kappa shape index (κ3) is 8.09. The van der Waals surface area contributed by atoms with E-state index in [-0.39, 0.29) is 0 Å². The molecule has 0 rings (SSSR count). The first kappa shape index (κ1) is 12.8. The highest BCUT2D eigenvalue weighted by atomic mass is 32.2. The van der Waals surface area contributed by atoms with Crippen LogP contribution in [0.4, 0.5) is 0 Å². The third-order valence-electron chi connectivity index (χ3n) is 1.04. The van der Waals surface area contributed by atoms with Gasteiger partial charge in [-0.15, -0.1) is 0 Å². The van der Waals surface area contributed by atoms with Crippen LogP contribution in [-0.2, 0) is 0 Å². The Balaban J connectivity index is 3.13. The van der Waals surface area contributed by atoms with Crippen molar-refractivity contribution in [1.29, 1.82) is 0 Å². The van der Waals surface area contributed by atoms with Crippen molar-refractivity contribution < 1.29 is 0 Å². The minimum atomic E-state index is 0.406. The molecule has 0 radical (unpaired) electrons. The Morgan fingerprint density at radius 1 is 0.909 bits per heavy atom. The van der Waals surface area contributed by atoms with Gasteiger partial charge in [-0.1, -0.05) is 0 Å². The first-order valence-electron chi connectivity index (χ1n) is 3.36. The third-order valence-corrected chi connectivity index (χ3v) is 5.00. The summed E-state index contributed by atoms with van der Waals surface area (Å²) in [6, 6.07) is 0. The molecule has 68 valence electrons. The van der Waals surface area contributed by atoms with Crippen LogP contribution in [-0.4, -0.2) is 33.5 Å². The lowest BCUT2D eigenvalue weighted by atomic mass is 10.5. The molecule has 0 heterocycles. The lowest BCUT2D eigenvalue weighted by molar-refractivity contribution is 1.13. The van der Waals surface area contributed by atoms with E-state index in [1.54, 1.807) is 0 Å². The summed E-state index contributed by atoms with van der Waals surface area (Å²) in [6.07, 6.45) is 0. The molecule has 0 amide bonds. The zero-order valence-electron chi connectivity index (χ0n) is 6.18. The summed E-state index contributed by atoms with van der Waals surface area (Å²) in [5.41, 5.74) is 0. The molecule has 0 N–H and O–H groups in total. The molecule has 0 aromatic heterocycles. The molecule has 0 spiro atoms. The molecule has 2 atom stereocenters. The summed E-state index contributed by atoms with van der Waals surface area (Å²) in [7, 11) is 0. The first-order chi connectivity index (χ1) is 5.20. The van der Waals surface area contributed by atoms with Crippen molar-refractivity contribution in [2.45, 2.75) is 10.5 Å². The van der Waals surface area contributed by atoms with Gasteiger partial charge in [0.15, 0.2) is 0 Å². The van der Waals surface area contributed by atoms with Gasteiger partial charge in [0, 0.05) is 33.5 Å². The average Bonchev–Trinajstić information content (AvgIpc) is 2.04. The molecular weight excluding hydrogens is 232 g/mol. The van der Waals surface area contributed by atoms with Crippen molar-refractivity contribution in [3.8, 4) is 0 Å². The molecule has 0 aromatic carbocycles. The van der Waals surface area contributed by atoms with Crippen LogP contribution in [0.1, 0.15) is 0 Å². The Morgan fingerprint density at radius 2 is 1.27 bits per heavy atom. The van der Waals surface area contributed by atoms with E-state index in [0.717, 1.165) is 23.0 Å². The molecule has 0 aliphatic heterocycles. The van der Waals surface area contributed by atoms with Gasteiger partial charge in [0.2, 0.25) is 0 Å². The molecule has 0 saturated heterocycles. The van der Waals surface area contributed by atoms with Gasteiger partial charge in [0.1, 0.15) is 0 Å². The van der Waals surface area contributed by atoms with Crippen LogP contribution in [0.5, 0.6) is 0 Å². The maximum atomic E-state index is 4.32. The molecule has 11 heavy (non-hydrogen) atoms. The van der Waals surface area contributed by atoms with Gasteiger partial charge in [0.05, 0.1) is 0 Å². The number of rotatable bonds is 6. The maximum Gasteiger partial charge on any atom is 0.0196 e. The van der Waals surface area contributed by atoms with Crippen LogP contribution < -0.4 is 0 Å². The number of thiol groups is 4. The molecule has 0 aromatic rings. The topological polar surface area (TPSA) is 0 Å². The molecule has 0 aliphatic rings. The lowest BCUT2D eigenvalue weighted by Gasteiger charge is -2.09. The minimum absolute atomic E-state index is 0.406. The van der Waals surface area contributed by atoms with E-state index >= 15 is 0 Å². The Labute approximate surface area is 95.3 Å². The standard InChI is InChI=1S/C6H14S5/c7-1-5(9)3-11-4-6(10)2-8/h5-10H,1-4H2/t5-,6?/m1/s1. The highest BCUT2D eigenvalue weighted by Gasteiger charge is 2.03. The van der Waals surface area contributed by atoms with Crippen LogP contribution in [0.3, 0.4) is 0 Å². The number of thioether (sulfide) groups is 1. The van der Waals surface area contributed by atoms with E-state index in [1.165, 1.54) is 0 Å². The fraction of sp³-hybridized carbons (Fsp3) is 1.00. The Kier molecular flexibility index (Phi) is 9.68. The van der Waals surface area contributed by atoms with Gasteiger partial charge in [-0.25, -0.2) is 0 Å². The second-order valence-corrected chi connectivity index (χ2v) is 5.48. The summed E-state index contributed by atoms with van der Waals surface area (Å²) >= 11 is 18.8. The molecular formula is C6H14S5. The van der Waals surface area contributed by atoms with Gasteiger partial charge < -0.3 is 0 Å². The Morgan fingerprint density at radius 3 is 1.55 bits per heavy atom. The zero-order chi connectivity index (χ0) is 8.69. The largest absolute Gasteiger partial charge is 0.178 e. The predicted octanol–water partition coefficient (Wildman–Crippen LogP) is 2.18. The average molecular weight is 247 g/mol. The second-order valence-electron chi connectivity index (χ2n) is 2.21. The molecule has 0 bridgehead atoms. The van der Waals surface area contributed by atoms with E-state index in [2.05, 4.69) is 50.5 Å².